The van der Waals surface area contributed by atoms with E-state index in [0.717, 1.165) is 35.8 Å². The third-order valence-electron chi connectivity index (χ3n) is 3.16. The highest BCUT2D eigenvalue weighted by Gasteiger charge is 2.09. The molecule has 0 aliphatic rings. The Bertz CT molecular complexity index is 569. The fourth-order valence-electron chi connectivity index (χ4n) is 2.15. The van der Waals surface area contributed by atoms with E-state index in [0.29, 0.717) is 18.2 Å². The second-order valence-corrected chi connectivity index (χ2v) is 4.98. The Morgan fingerprint density at radius 2 is 1.95 bits per heavy atom. The quantitative estimate of drug-likeness (QED) is 0.610. The maximum absolute atomic E-state index is 9.50. The SMILES string of the molecule is COc1c(OCCCCCCl)ccc2cc(O)ccc12. The summed E-state index contributed by atoms with van der Waals surface area (Å²) in [7, 11) is 1.63. The van der Waals surface area contributed by atoms with Crippen molar-refractivity contribution in [2.24, 2.45) is 0 Å². The number of halogens is 1. The van der Waals surface area contributed by atoms with Crippen LogP contribution in [0.2, 0.25) is 0 Å². The second kappa shape index (κ2) is 7.25. The average Bonchev–Trinajstić information content (AvgIpc) is 2.46. The van der Waals surface area contributed by atoms with Gasteiger partial charge in [0.15, 0.2) is 11.5 Å². The molecule has 3 nitrogen and oxygen atoms in total. The summed E-state index contributed by atoms with van der Waals surface area (Å²) >= 11 is 5.64. The number of hydrogen-bond acceptors (Lipinski definition) is 3. The standard InChI is InChI=1S/C16H19ClO3/c1-19-16-14-7-6-13(18)11-12(14)5-8-15(16)20-10-4-2-3-9-17/h5-8,11,18H,2-4,9-10H2,1H3. The molecule has 20 heavy (non-hydrogen) atoms. The molecule has 0 atom stereocenters. The molecule has 0 fully saturated rings. The molecule has 0 aromatic heterocycles. The lowest BCUT2D eigenvalue weighted by Gasteiger charge is -2.13. The first kappa shape index (κ1) is 14.8. The van der Waals surface area contributed by atoms with Crippen molar-refractivity contribution in [1.29, 1.82) is 0 Å². The molecule has 2 aromatic rings. The molecule has 0 aliphatic heterocycles. The molecule has 108 valence electrons. The Balaban J connectivity index is 2.15. The van der Waals surface area contributed by atoms with Crippen LogP contribution in [0.4, 0.5) is 0 Å². The largest absolute Gasteiger partial charge is 0.508 e. The average molecular weight is 295 g/mol. The summed E-state index contributed by atoms with van der Waals surface area (Å²) < 4.78 is 11.2. The van der Waals surface area contributed by atoms with Crippen molar-refractivity contribution in [3.8, 4) is 17.2 Å². The Morgan fingerprint density at radius 3 is 2.70 bits per heavy atom. The molecule has 0 amide bonds. The fourth-order valence-corrected chi connectivity index (χ4v) is 2.34. The zero-order valence-corrected chi connectivity index (χ0v) is 12.3. The van der Waals surface area contributed by atoms with Gasteiger partial charge >= 0.3 is 0 Å². The number of ether oxygens (including phenoxy) is 2. The van der Waals surface area contributed by atoms with Gasteiger partial charge in [0.25, 0.3) is 0 Å². The van der Waals surface area contributed by atoms with Crippen molar-refractivity contribution in [1.82, 2.24) is 0 Å². The molecule has 2 aromatic carbocycles. The van der Waals surface area contributed by atoms with E-state index < -0.39 is 0 Å². The number of benzene rings is 2. The number of alkyl halides is 1. The highest BCUT2D eigenvalue weighted by atomic mass is 35.5. The first-order valence-corrected chi connectivity index (χ1v) is 7.28. The van der Waals surface area contributed by atoms with Crippen LogP contribution in [0.15, 0.2) is 30.3 Å². The number of hydrogen-bond donors (Lipinski definition) is 1. The monoisotopic (exact) mass is 294 g/mol. The van der Waals surface area contributed by atoms with E-state index in [1.807, 2.05) is 18.2 Å². The molecular weight excluding hydrogens is 276 g/mol. The predicted molar refractivity (Wildman–Crippen MR) is 82.2 cm³/mol. The predicted octanol–water partition coefficient (Wildman–Crippen LogP) is 4.34. The minimum Gasteiger partial charge on any atom is -0.508 e. The highest BCUT2D eigenvalue weighted by molar-refractivity contribution is 6.17. The van der Waals surface area contributed by atoms with Crippen LogP contribution in [0.3, 0.4) is 0 Å². The molecule has 4 heteroatoms. The Hall–Kier alpha value is -1.61. The van der Waals surface area contributed by atoms with Gasteiger partial charge < -0.3 is 14.6 Å². The highest BCUT2D eigenvalue weighted by Crippen LogP contribution is 2.36. The molecule has 0 spiro atoms. The molecule has 0 unspecified atom stereocenters. The van der Waals surface area contributed by atoms with Gasteiger partial charge in [-0.05, 0) is 48.9 Å². The number of aromatic hydroxyl groups is 1. The summed E-state index contributed by atoms with van der Waals surface area (Å²) in [6, 6.07) is 8.99. The summed E-state index contributed by atoms with van der Waals surface area (Å²) in [6.07, 6.45) is 3.05. The minimum atomic E-state index is 0.245. The van der Waals surface area contributed by atoms with Gasteiger partial charge in [-0.1, -0.05) is 6.07 Å². The Morgan fingerprint density at radius 1 is 1.10 bits per heavy atom. The minimum absolute atomic E-state index is 0.245. The van der Waals surface area contributed by atoms with E-state index >= 15 is 0 Å². The van der Waals surface area contributed by atoms with Crippen molar-refractivity contribution in [2.45, 2.75) is 19.3 Å². The van der Waals surface area contributed by atoms with Crippen molar-refractivity contribution < 1.29 is 14.6 Å². The number of phenols is 1. The molecule has 0 aliphatic carbocycles. The van der Waals surface area contributed by atoms with Crippen LogP contribution in [-0.2, 0) is 0 Å². The summed E-state index contributed by atoms with van der Waals surface area (Å²) in [4.78, 5) is 0. The van der Waals surface area contributed by atoms with E-state index in [4.69, 9.17) is 21.1 Å². The number of rotatable bonds is 7. The fraction of sp³-hybridized carbons (Fsp3) is 0.375. The van der Waals surface area contributed by atoms with Gasteiger partial charge in [0.1, 0.15) is 5.75 Å². The second-order valence-electron chi connectivity index (χ2n) is 4.60. The topological polar surface area (TPSA) is 38.7 Å². The van der Waals surface area contributed by atoms with Gasteiger partial charge in [-0.3, -0.25) is 0 Å². The van der Waals surface area contributed by atoms with Crippen molar-refractivity contribution in [2.75, 3.05) is 19.6 Å². The van der Waals surface area contributed by atoms with E-state index in [9.17, 15) is 5.11 Å². The van der Waals surface area contributed by atoms with Gasteiger partial charge in [-0.25, -0.2) is 0 Å². The van der Waals surface area contributed by atoms with Crippen LogP contribution in [0.1, 0.15) is 19.3 Å². The van der Waals surface area contributed by atoms with Gasteiger partial charge in [0.05, 0.1) is 13.7 Å². The van der Waals surface area contributed by atoms with E-state index in [-0.39, 0.29) is 5.75 Å². The summed E-state index contributed by atoms with van der Waals surface area (Å²) in [5.41, 5.74) is 0. The first-order chi connectivity index (χ1) is 9.76. The summed E-state index contributed by atoms with van der Waals surface area (Å²) in [5.74, 6) is 2.38. The lowest BCUT2D eigenvalue weighted by atomic mass is 10.1. The summed E-state index contributed by atoms with van der Waals surface area (Å²) in [6.45, 7) is 0.650. The molecule has 0 bridgehead atoms. The van der Waals surface area contributed by atoms with Crippen molar-refractivity contribution in [3.05, 3.63) is 30.3 Å². The maximum atomic E-state index is 9.50. The molecule has 1 N–H and O–H groups in total. The smallest absolute Gasteiger partial charge is 0.168 e. The van der Waals surface area contributed by atoms with Crippen LogP contribution in [-0.4, -0.2) is 24.7 Å². The number of methoxy groups -OCH3 is 1. The third-order valence-corrected chi connectivity index (χ3v) is 3.42. The molecule has 0 heterocycles. The first-order valence-electron chi connectivity index (χ1n) is 6.74. The Labute approximate surface area is 124 Å². The number of phenolic OH excluding ortho intramolecular Hbond substituents is 1. The van der Waals surface area contributed by atoms with Gasteiger partial charge in [0.2, 0.25) is 0 Å². The van der Waals surface area contributed by atoms with Gasteiger partial charge in [-0.15, -0.1) is 11.6 Å². The van der Waals surface area contributed by atoms with Crippen molar-refractivity contribution in [3.63, 3.8) is 0 Å². The molecule has 0 saturated heterocycles. The third kappa shape index (κ3) is 3.48. The maximum Gasteiger partial charge on any atom is 0.168 e. The van der Waals surface area contributed by atoms with Crippen LogP contribution >= 0.6 is 11.6 Å². The zero-order valence-electron chi connectivity index (χ0n) is 11.6. The van der Waals surface area contributed by atoms with Gasteiger partial charge in [0, 0.05) is 11.3 Å². The lowest BCUT2D eigenvalue weighted by molar-refractivity contribution is 0.287. The lowest BCUT2D eigenvalue weighted by Crippen LogP contribution is -2.00. The molecule has 0 radical (unpaired) electrons. The van der Waals surface area contributed by atoms with E-state index in [1.54, 1.807) is 19.2 Å². The van der Waals surface area contributed by atoms with Gasteiger partial charge in [-0.2, -0.15) is 0 Å². The normalized spacial score (nSPS) is 10.7. The van der Waals surface area contributed by atoms with Crippen molar-refractivity contribution >= 4 is 22.4 Å². The summed E-state index contributed by atoms with van der Waals surface area (Å²) in [5, 5.41) is 11.4. The van der Waals surface area contributed by atoms with Crippen LogP contribution < -0.4 is 9.47 Å². The zero-order chi connectivity index (χ0) is 14.4. The molecule has 0 saturated carbocycles. The molecular formula is C16H19ClO3. The van der Waals surface area contributed by atoms with E-state index in [1.165, 1.54) is 0 Å². The number of unbranched alkanes of at least 4 members (excludes halogenated alkanes) is 2. The van der Waals surface area contributed by atoms with Crippen LogP contribution in [0, 0.1) is 0 Å². The Kier molecular flexibility index (Phi) is 5.36. The van der Waals surface area contributed by atoms with Crippen LogP contribution in [0.5, 0.6) is 17.2 Å². The number of fused-ring (bicyclic) bond motifs is 1. The van der Waals surface area contributed by atoms with Crippen LogP contribution in [0.25, 0.3) is 10.8 Å². The van der Waals surface area contributed by atoms with E-state index in [2.05, 4.69) is 0 Å². The molecule has 2 rings (SSSR count).